The van der Waals surface area contributed by atoms with Gasteiger partial charge in [-0.1, -0.05) is 18.2 Å². The molecule has 0 bridgehead atoms. The average molecular weight is 298 g/mol. The molecule has 0 saturated heterocycles. The van der Waals surface area contributed by atoms with Crippen LogP contribution in [-0.2, 0) is 11.2 Å². The van der Waals surface area contributed by atoms with E-state index >= 15 is 0 Å². The molecule has 3 rings (SSSR count). The zero-order valence-electron chi connectivity index (χ0n) is 12.6. The van der Waals surface area contributed by atoms with Gasteiger partial charge in [0.1, 0.15) is 0 Å². The first-order valence-corrected chi connectivity index (χ1v) is 7.84. The summed E-state index contributed by atoms with van der Waals surface area (Å²) < 4.78 is 1.79. The maximum absolute atomic E-state index is 12.1. The van der Waals surface area contributed by atoms with Crippen molar-refractivity contribution >= 4 is 5.91 Å². The molecule has 0 aliphatic heterocycles. The number of benzene rings is 1. The molecule has 0 unspecified atom stereocenters. The van der Waals surface area contributed by atoms with E-state index in [0.717, 1.165) is 36.9 Å². The van der Waals surface area contributed by atoms with Crippen molar-refractivity contribution in [3.8, 4) is 5.69 Å². The van der Waals surface area contributed by atoms with Gasteiger partial charge in [0.2, 0.25) is 5.91 Å². The van der Waals surface area contributed by atoms with Crippen LogP contribution in [0.3, 0.4) is 0 Å². The average Bonchev–Trinajstić information content (AvgIpc) is 2.99. The Morgan fingerprint density at radius 2 is 1.95 bits per heavy atom. The summed E-state index contributed by atoms with van der Waals surface area (Å²) in [5.74, 6) is 0.0630. The molecule has 1 fully saturated rings. The Hall–Kier alpha value is -2.14. The molecular weight excluding hydrogens is 276 g/mol. The van der Waals surface area contributed by atoms with Crippen molar-refractivity contribution in [2.24, 2.45) is 5.73 Å². The number of nitrogens with one attached hydrogen (secondary N) is 1. The number of hydrogen-bond donors (Lipinski definition) is 2. The predicted molar refractivity (Wildman–Crippen MR) is 85.6 cm³/mol. The molecule has 0 spiro atoms. The summed E-state index contributed by atoms with van der Waals surface area (Å²) in [6, 6.07) is 10.5. The van der Waals surface area contributed by atoms with E-state index in [1.54, 1.807) is 10.9 Å². The number of aromatic nitrogens is 2. The molecule has 1 aliphatic rings. The molecule has 3 N–H and O–H groups in total. The van der Waals surface area contributed by atoms with E-state index in [2.05, 4.69) is 10.4 Å². The monoisotopic (exact) mass is 298 g/mol. The molecule has 1 aliphatic carbocycles. The van der Waals surface area contributed by atoms with Gasteiger partial charge in [0, 0.05) is 18.3 Å². The number of nitrogens with zero attached hydrogens (tertiary/aromatic N) is 2. The summed E-state index contributed by atoms with van der Waals surface area (Å²) in [5.41, 5.74) is 7.81. The maximum atomic E-state index is 12.1. The zero-order valence-corrected chi connectivity index (χ0v) is 12.6. The third-order valence-electron chi connectivity index (χ3n) is 4.16. The van der Waals surface area contributed by atoms with Crippen LogP contribution in [0.15, 0.2) is 42.7 Å². The number of carbonyl (C=O) groups excluding carboxylic acids is 1. The molecule has 2 aromatic rings. The Kier molecular flexibility index (Phi) is 4.53. The van der Waals surface area contributed by atoms with Gasteiger partial charge in [-0.25, -0.2) is 4.68 Å². The molecule has 22 heavy (non-hydrogen) atoms. The van der Waals surface area contributed by atoms with E-state index < -0.39 is 0 Å². The first-order valence-electron chi connectivity index (χ1n) is 7.84. The van der Waals surface area contributed by atoms with Crippen LogP contribution in [0.1, 0.15) is 31.2 Å². The van der Waals surface area contributed by atoms with Crippen molar-refractivity contribution in [1.29, 1.82) is 0 Å². The number of amides is 1. The van der Waals surface area contributed by atoms with Crippen LogP contribution in [0.5, 0.6) is 0 Å². The van der Waals surface area contributed by atoms with Gasteiger partial charge in [-0.2, -0.15) is 5.10 Å². The summed E-state index contributed by atoms with van der Waals surface area (Å²) in [5, 5.41) is 7.42. The molecular formula is C17H22N4O. The van der Waals surface area contributed by atoms with E-state index in [-0.39, 0.29) is 11.9 Å². The summed E-state index contributed by atoms with van der Waals surface area (Å²) in [6.45, 7) is 0. The van der Waals surface area contributed by atoms with Crippen molar-refractivity contribution in [2.45, 2.75) is 44.2 Å². The summed E-state index contributed by atoms with van der Waals surface area (Å²) in [4.78, 5) is 12.1. The summed E-state index contributed by atoms with van der Waals surface area (Å²) >= 11 is 0. The molecule has 1 saturated carbocycles. The highest BCUT2D eigenvalue weighted by atomic mass is 16.1. The molecule has 5 nitrogen and oxygen atoms in total. The van der Waals surface area contributed by atoms with Gasteiger partial charge >= 0.3 is 0 Å². The highest BCUT2D eigenvalue weighted by Crippen LogP contribution is 2.17. The van der Waals surface area contributed by atoms with Gasteiger partial charge in [0.25, 0.3) is 0 Å². The smallest absolute Gasteiger partial charge is 0.224 e. The van der Waals surface area contributed by atoms with E-state index in [0.29, 0.717) is 12.5 Å². The van der Waals surface area contributed by atoms with Crippen molar-refractivity contribution in [3.05, 3.63) is 48.3 Å². The Bertz CT molecular complexity index is 615. The number of rotatable bonds is 4. The van der Waals surface area contributed by atoms with Crippen molar-refractivity contribution < 1.29 is 4.79 Å². The Morgan fingerprint density at radius 1 is 1.23 bits per heavy atom. The first kappa shape index (κ1) is 14.8. The molecule has 116 valence electrons. The van der Waals surface area contributed by atoms with Crippen molar-refractivity contribution in [3.63, 3.8) is 0 Å². The van der Waals surface area contributed by atoms with Crippen LogP contribution in [-0.4, -0.2) is 27.8 Å². The number of para-hydroxylation sites is 1. The fourth-order valence-electron chi connectivity index (χ4n) is 2.90. The standard InChI is InChI=1S/C17H22N4O/c18-14-6-8-15(9-7-14)20-17(22)10-13-11-19-21(12-13)16-4-2-1-3-5-16/h1-5,11-12,14-15H,6-10,18H2,(H,20,22). The second kappa shape index (κ2) is 6.75. The summed E-state index contributed by atoms with van der Waals surface area (Å²) in [7, 11) is 0. The van der Waals surface area contributed by atoms with E-state index in [9.17, 15) is 4.79 Å². The Balaban J connectivity index is 1.55. The lowest BCUT2D eigenvalue weighted by atomic mass is 9.92. The molecule has 1 aromatic carbocycles. The molecule has 1 heterocycles. The minimum absolute atomic E-state index is 0.0630. The largest absolute Gasteiger partial charge is 0.353 e. The second-order valence-electron chi connectivity index (χ2n) is 5.98. The van der Waals surface area contributed by atoms with E-state index in [1.165, 1.54) is 0 Å². The third-order valence-corrected chi connectivity index (χ3v) is 4.16. The van der Waals surface area contributed by atoms with Gasteiger partial charge in [0.05, 0.1) is 18.3 Å². The van der Waals surface area contributed by atoms with Crippen molar-refractivity contribution in [1.82, 2.24) is 15.1 Å². The highest BCUT2D eigenvalue weighted by Gasteiger charge is 2.20. The van der Waals surface area contributed by atoms with Gasteiger partial charge in [0.15, 0.2) is 0 Å². The quantitative estimate of drug-likeness (QED) is 0.904. The van der Waals surface area contributed by atoms with Crippen molar-refractivity contribution in [2.75, 3.05) is 0 Å². The molecule has 1 aromatic heterocycles. The minimum Gasteiger partial charge on any atom is -0.353 e. The topological polar surface area (TPSA) is 72.9 Å². The van der Waals surface area contributed by atoms with Crippen LogP contribution < -0.4 is 11.1 Å². The van der Waals surface area contributed by atoms with Gasteiger partial charge in [-0.15, -0.1) is 0 Å². The zero-order chi connectivity index (χ0) is 15.4. The second-order valence-corrected chi connectivity index (χ2v) is 5.98. The fraction of sp³-hybridized carbons (Fsp3) is 0.412. The molecule has 0 atom stereocenters. The SMILES string of the molecule is NC1CCC(NC(=O)Cc2cnn(-c3ccccc3)c2)CC1. The summed E-state index contributed by atoms with van der Waals surface area (Å²) in [6.07, 6.45) is 7.99. The number of carbonyl (C=O) groups is 1. The van der Waals surface area contributed by atoms with Crippen LogP contribution in [0, 0.1) is 0 Å². The normalized spacial score (nSPS) is 21.5. The highest BCUT2D eigenvalue weighted by molar-refractivity contribution is 5.78. The molecule has 1 amide bonds. The van der Waals surface area contributed by atoms with Crippen LogP contribution in [0.25, 0.3) is 5.69 Å². The van der Waals surface area contributed by atoms with Crippen LogP contribution >= 0.6 is 0 Å². The lowest BCUT2D eigenvalue weighted by Gasteiger charge is -2.26. The van der Waals surface area contributed by atoms with Crippen LogP contribution in [0.2, 0.25) is 0 Å². The van der Waals surface area contributed by atoms with Gasteiger partial charge < -0.3 is 11.1 Å². The van der Waals surface area contributed by atoms with E-state index in [4.69, 9.17) is 5.73 Å². The maximum Gasteiger partial charge on any atom is 0.224 e. The lowest BCUT2D eigenvalue weighted by Crippen LogP contribution is -2.41. The minimum atomic E-state index is 0.0630. The number of nitrogens with two attached hydrogens (primary N) is 1. The molecule has 0 radical (unpaired) electrons. The first-order chi connectivity index (χ1) is 10.7. The van der Waals surface area contributed by atoms with Gasteiger partial charge in [-0.05, 0) is 43.4 Å². The lowest BCUT2D eigenvalue weighted by molar-refractivity contribution is -0.121. The van der Waals surface area contributed by atoms with Crippen LogP contribution in [0.4, 0.5) is 0 Å². The third kappa shape index (κ3) is 3.74. The van der Waals surface area contributed by atoms with Gasteiger partial charge in [-0.3, -0.25) is 4.79 Å². The fourth-order valence-corrected chi connectivity index (χ4v) is 2.90. The predicted octanol–water partition coefficient (Wildman–Crippen LogP) is 1.80. The number of hydrogen-bond acceptors (Lipinski definition) is 3. The molecule has 5 heteroatoms. The Labute approximate surface area is 130 Å². The Morgan fingerprint density at radius 3 is 2.68 bits per heavy atom. The van der Waals surface area contributed by atoms with E-state index in [1.807, 2.05) is 36.5 Å².